The molecule has 0 atom stereocenters. The highest BCUT2D eigenvalue weighted by Crippen LogP contribution is 2.29. The zero-order valence-electron chi connectivity index (χ0n) is 14.4. The summed E-state index contributed by atoms with van der Waals surface area (Å²) in [5, 5.41) is 0.277. The molecule has 0 radical (unpaired) electrons. The second-order valence-electron chi connectivity index (χ2n) is 6.77. The number of aromatic nitrogens is 1. The van der Waals surface area contributed by atoms with Crippen LogP contribution in [0.15, 0.2) is 23.2 Å². The zero-order valence-corrected chi connectivity index (χ0v) is 16.0. The number of ether oxygens (including phenoxy) is 1. The van der Waals surface area contributed by atoms with Gasteiger partial charge in [-0.15, -0.1) is 0 Å². The Balaban J connectivity index is 1.75. The number of nitrogens with zero attached hydrogens (tertiary/aromatic N) is 3. The van der Waals surface area contributed by atoms with Gasteiger partial charge in [0.1, 0.15) is 10.0 Å². The normalized spacial score (nSPS) is 22.8. The maximum absolute atomic E-state index is 12.6. The van der Waals surface area contributed by atoms with Crippen molar-refractivity contribution in [1.29, 1.82) is 0 Å². The smallest absolute Gasteiger partial charge is 0.242 e. The Bertz CT molecular complexity index is 669. The van der Waals surface area contributed by atoms with Gasteiger partial charge in [0.05, 0.1) is 13.2 Å². The van der Waals surface area contributed by atoms with Crippen LogP contribution in [0.5, 0.6) is 0 Å². The molecule has 1 aromatic heterocycles. The molecular weight excluding hydrogens is 364 g/mol. The zero-order chi connectivity index (χ0) is 17.9. The molecule has 1 aromatic rings. The Morgan fingerprint density at radius 3 is 2.52 bits per heavy atom. The van der Waals surface area contributed by atoms with E-state index in [1.807, 2.05) is 0 Å². The van der Waals surface area contributed by atoms with Crippen molar-refractivity contribution >= 4 is 21.6 Å². The first-order valence-electron chi connectivity index (χ1n) is 8.54. The van der Waals surface area contributed by atoms with Gasteiger partial charge in [0.15, 0.2) is 0 Å². The SMILES string of the molecule is CN1CCC(CNS(=O)(=O)c2ccc(Cl)nc2)(N2CCOCC2)CC1. The summed E-state index contributed by atoms with van der Waals surface area (Å²) in [6.45, 7) is 5.40. The highest BCUT2D eigenvalue weighted by molar-refractivity contribution is 7.89. The van der Waals surface area contributed by atoms with Gasteiger partial charge < -0.3 is 9.64 Å². The van der Waals surface area contributed by atoms with Crippen molar-refractivity contribution in [3.63, 3.8) is 0 Å². The van der Waals surface area contributed by atoms with Crippen LogP contribution in [0, 0.1) is 0 Å². The molecule has 0 aromatic carbocycles. The minimum absolute atomic E-state index is 0.141. The predicted molar refractivity (Wildman–Crippen MR) is 96.3 cm³/mol. The molecule has 3 rings (SSSR count). The van der Waals surface area contributed by atoms with E-state index in [4.69, 9.17) is 16.3 Å². The van der Waals surface area contributed by atoms with Crippen LogP contribution in [-0.2, 0) is 14.8 Å². The first kappa shape index (κ1) is 19.0. The van der Waals surface area contributed by atoms with Gasteiger partial charge in [-0.25, -0.2) is 18.1 Å². The molecular formula is C16H25ClN4O3S. The van der Waals surface area contributed by atoms with Gasteiger partial charge in [0.2, 0.25) is 10.0 Å². The molecule has 140 valence electrons. The van der Waals surface area contributed by atoms with E-state index < -0.39 is 10.0 Å². The number of rotatable bonds is 5. The van der Waals surface area contributed by atoms with E-state index in [1.54, 1.807) is 0 Å². The first-order chi connectivity index (χ1) is 11.9. The van der Waals surface area contributed by atoms with Crippen LogP contribution in [0.1, 0.15) is 12.8 Å². The van der Waals surface area contributed by atoms with Gasteiger partial charge in [-0.1, -0.05) is 11.6 Å². The van der Waals surface area contributed by atoms with Crippen molar-refractivity contribution in [2.75, 3.05) is 53.0 Å². The largest absolute Gasteiger partial charge is 0.379 e. The summed E-state index contributed by atoms with van der Waals surface area (Å²) >= 11 is 5.75. The minimum Gasteiger partial charge on any atom is -0.379 e. The highest BCUT2D eigenvalue weighted by Gasteiger charge is 2.40. The van der Waals surface area contributed by atoms with Crippen LogP contribution in [0.25, 0.3) is 0 Å². The Kier molecular flexibility index (Phi) is 5.97. The Hall–Kier alpha value is -0.770. The van der Waals surface area contributed by atoms with Crippen molar-refractivity contribution in [1.82, 2.24) is 19.5 Å². The van der Waals surface area contributed by atoms with E-state index in [0.717, 1.165) is 39.0 Å². The molecule has 0 amide bonds. The lowest BCUT2D eigenvalue weighted by Gasteiger charge is -2.49. The van der Waals surface area contributed by atoms with Gasteiger partial charge >= 0.3 is 0 Å². The number of hydrogen-bond acceptors (Lipinski definition) is 6. The average molecular weight is 389 g/mol. The monoisotopic (exact) mass is 388 g/mol. The van der Waals surface area contributed by atoms with Gasteiger partial charge in [-0.3, -0.25) is 4.90 Å². The maximum Gasteiger partial charge on any atom is 0.242 e. The molecule has 25 heavy (non-hydrogen) atoms. The van der Waals surface area contributed by atoms with Crippen molar-refractivity contribution in [3.05, 3.63) is 23.5 Å². The quantitative estimate of drug-likeness (QED) is 0.752. The highest BCUT2D eigenvalue weighted by atomic mass is 35.5. The van der Waals surface area contributed by atoms with Crippen LogP contribution in [0.3, 0.4) is 0 Å². The molecule has 0 spiro atoms. The third kappa shape index (κ3) is 4.50. The third-order valence-corrected chi connectivity index (χ3v) is 6.81. The Morgan fingerprint density at radius 2 is 1.92 bits per heavy atom. The lowest BCUT2D eigenvalue weighted by atomic mass is 9.85. The summed E-state index contributed by atoms with van der Waals surface area (Å²) in [4.78, 5) is 8.69. The number of halogens is 1. The van der Waals surface area contributed by atoms with Gasteiger partial charge in [0, 0.05) is 31.4 Å². The van der Waals surface area contributed by atoms with Crippen LogP contribution in [-0.4, -0.2) is 81.7 Å². The summed E-state index contributed by atoms with van der Waals surface area (Å²) in [5.41, 5.74) is -0.163. The van der Waals surface area contributed by atoms with E-state index in [0.29, 0.717) is 19.8 Å². The second kappa shape index (κ2) is 7.85. The molecule has 1 N–H and O–H groups in total. The number of sulfonamides is 1. The summed E-state index contributed by atoms with van der Waals surface area (Å²) in [6, 6.07) is 2.97. The van der Waals surface area contributed by atoms with E-state index >= 15 is 0 Å². The molecule has 0 saturated carbocycles. The standard InChI is InChI=1S/C16H25ClN4O3S/c1-20-6-4-16(5-7-20,21-8-10-24-11-9-21)13-19-25(22,23)14-2-3-15(17)18-12-14/h2-3,12,19H,4-11,13H2,1H3. The van der Waals surface area contributed by atoms with Crippen molar-refractivity contribution in [3.8, 4) is 0 Å². The van der Waals surface area contributed by atoms with Gasteiger partial charge in [-0.05, 0) is 45.1 Å². The fraction of sp³-hybridized carbons (Fsp3) is 0.688. The first-order valence-corrected chi connectivity index (χ1v) is 10.4. The third-order valence-electron chi connectivity index (χ3n) is 5.20. The Morgan fingerprint density at radius 1 is 1.24 bits per heavy atom. The lowest BCUT2D eigenvalue weighted by Crippen LogP contribution is -2.62. The molecule has 2 aliphatic rings. The molecule has 2 aliphatic heterocycles. The van der Waals surface area contributed by atoms with E-state index in [1.165, 1.54) is 18.3 Å². The lowest BCUT2D eigenvalue weighted by molar-refractivity contribution is -0.0427. The fourth-order valence-corrected chi connectivity index (χ4v) is 4.69. The van der Waals surface area contributed by atoms with E-state index in [9.17, 15) is 8.42 Å². The summed E-state index contributed by atoms with van der Waals surface area (Å²) < 4.78 is 33.5. The van der Waals surface area contributed by atoms with Crippen molar-refractivity contribution in [2.45, 2.75) is 23.3 Å². The molecule has 0 unspecified atom stereocenters. The number of morpholine rings is 1. The summed E-state index contributed by atoms with van der Waals surface area (Å²) in [7, 11) is -1.51. The molecule has 0 bridgehead atoms. The number of piperidine rings is 1. The van der Waals surface area contributed by atoms with Crippen LogP contribution >= 0.6 is 11.6 Å². The van der Waals surface area contributed by atoms with Crippen LogP contribution in [0.4, 0.5) is 0 Å². The number of nitrogens with one attached hydrogen (secondary N) is 1. The molecule has 3 heterocycles. The molecule has 0 aliphatic carbocycles. The Labute approximate surface area is 154 Å². The average Bonchev–Trinajstić information content (AvgIpc) is 2.63. The molecule has 2 saturated heterocycles. The molecule has 7 nitrogen and oxygen atoms in total. The van der Waals surface area contributed by atoms with Gasteiger partial charge in [-0.2, -0.15) is 0 Å². The predicted octanol–water partition coefficient (Wildman–Crippen LogP) is 0.810. The second-order valence-corrected chi connectivity index (χ2v) is 8.92. The topological polar surface area (TPSA) is 74.8 Å². The van der Waals surface area contributed by atoms with Crippen molar-refractivity contribution < 1.29 is 13.2 Å². The fourth-order valence-electron chi connectivity index (χ4n) is 3.51. The minimum atomic E-state index is -3.61. The summed E-state index contributed by atoms with van der Waals surface area (Å²) in [5.74, 6) is 0. The van der Waals surface area contributed by atoms with E-state index in [2.05, 4.69) is 26.6 Å². The van der Waals surface area contributed by atoms with E-state index in [-0.39, 0.29) is 15.6 Å². The number of likely N-dealkylation sites (tertiary alicyclic amines) is 1. The number of pyridine rings is 1. The van der Waals surface area contributed by atoms with Crippen molar-refractivity contribution in [2.24, 2.45) is 0 Å². The van der Waals surface area contributed by atoms with Gasteiger partial charge in [0.25, 0.3) is 0 Å². The molecule has 2 fully saturated rings. The maximum atomic E-state index is 12.6. The number of hydrogen-bond donors (Lipinski definition) is 1. The van der Waals surface area contributed by atoms with Crippen LogP contribution in [0.2, 0.25) is 5.15 Å². The molecule has 9 heteroatoms. The van der Waals surface area contributed by atoms with Crippen LogP contribution < -0.4 is 4.72 Å². The summed E-state index contributed by atoms with van der Waals surface area (Å²) in [6.07, 6.45) is 3.16.